The highest BCUT2D eigenvalue weighted by atomic mass is 79.9. The molecule has 2 amide bonds. The van der Waals surface area contributed by atoms with Crippen LogP contribution in [0.5, 0.6) is 5.75 Å². The fraction of sp³-hybridized carbons (Fsp3) is 0.0714. The number of ether oxygens (including phenoxy) is 1. The average molecular weight is 385 g/mol. The van der Waals surface area contributed by atoms with Gasteiger partial charge < -0.3 is 15.8 Å². The van der Waals surface area contributed by atoms with Gasteiger partial charge in [-0.2, -0.15) is 0 Å². The molecule has 1 heterocycles. The van der Waals surface area contributed by atoms with Crippen LogP contribution < -0.4 is 15.8 Å². The van der Waals surface area contributed by atoms with Crippen LogP contribution in [0, 0.1) is 0 Å². The Labute approximate surface area is 139 Å². The SMILES string of the molecule is COc1ccc(C(N)=O)cc1NC(=O)c1cc(Br)cnc1Cl. The number of hydrogen-bond acceptors (Lipinski definition) is 4. The number of hydrogen-bond donors (Lipinski definition) is 2. The van der Waals surface area contributed by atoms with Crippen molar-refractivity contribution in [2.45, 2.75) is 0 Å². The summed E-state index contributed by atoms with van der Waals surface area (Å²) < 4.78 is 5.76. The van der Waals surface area contributed by atoms with Crippen LogP contribution in [0.4, 0.5) is 5.69 Å². The van der Waals surface area contributed by atoms with Crippen molar-refractivity contribution in [2.24, 2.45) is 5.73 Å². The lowest BCUT2D eigenvalue weighted by atomic mass is 10.1. The molecule has 3 N–H and O–H groups in total. The van der Waals surface area contributed by atoms with Crippen LogP contribution in [0.3, 0.4) is 0 Å². The van der Waals surface area contributed by atoms with Crippen LogP contribution in [-0.2, 0) is 0 Å². The molecule has 0 radical (unpaired) electrons. The van der Waals surface area contributed by atoms with Gasteiger partial charge in [0.05, 0.1) is 18.4 Å². The summed E-state index contributed by atoms with van der Waals surface area (Å²) in [5.41, 5.74) is 5.96. The highest BCUT2D eigenvalue weighted by molar-refractivity contribution is 9.10. The molecule has 0 saturated heterocycles. The van der Waals surface area contributed by atoms with Crippen LogP contribution in [-0.4, -0.2) is 23.9 Å². The maximum Gasteiger partial charge on any atom is 0.258 e. The minimum absolute atomic E-state index is 0.0609. The third kappa shape index (κ3) is 3.55. The Hall–Kier alpha value is -2.12. The van der Waals surface area contributed by atoms with E-state index in [-0.39, 0.29) is 16.3 Å². The van der Waals surface area contributed by atoms with E-state index in [9.17, 15) is 9.59 Å². The standard InChI is InChI=1S/C14H11BrClN3O3/c1-22-11-3-2-7(13(17)20)4-10(11)19-14(21)9-5-8(15)6-18-12(9)16/h2-6H,1H3,(H2,17,20)(H,19,21). The summed E-state index contributed by atoms with van der Waals surface area (Å²) in [6.07, 6.45) is 1.48. The van der Waals surface area contributed by atoms with Gasteiger partial charge in [-0.1, -0.05) is 11.6 Å². The molecule has 2 rings (SSSR count). The Bertz CT molecular complexity index is 752. The molecule has 114 valence electrons. The van der Waals surface area contributed by atoms with Gasteiger partial charge in [0.15, 0.2) is 0 Å². The van der Waals surface area contributed by atoms with Gasteiger partial charge in [0.1, 0.15) is 10.9 Å². The third-order valence-corrected chi connectivity index (χ3v) is 3.52. The van der Waals surface area contributed by atoms with Gasteiger partial charge in [0.25, 0.3) is 5.91 Å². The number of nitrogens with zero attached hydrogens (tertiary/aromatic N) is 1. The molecule has 0 aliphatic heterocycles. The topological polar surface area (TPSA) is 94.3 Å². The number of nitrogens with one attached hydrogen (secondary N) is 1. The Morgan fingerprint density at radius 3 is 2.73 bits per heavy atom. The number of benzene rings is 1. The Balaban J connectivity index is 2.36. The molecule has 1 aromatic heterocycles. The first kappa shape index (κ1) is 16.3. The Morgan fingerprint density at radius 2 is 2.09 bits per heavy atom. The molecule has 0 fully saturated rings. The average Bonchev–Trinajstić information content (AvgIpc) is 2.49. The zero-order valence-corrected chi connectivity index (χ0v) is 13.7. The fourth-order valence-corrected chi connectivity index (χ4v) is 2.25. The number of carbonyl (C=O) groups excluding carboxylic acids is 2. The van der Waals surface area contributed by atoms with Crippen molar-refractivity contribution in [1.82, 2.24) is 4.98 Å². The molecule has 0 aliphatic carbocycles. The van der Waals surface area contributed by atoms with E-state index in [1.165, 1.54) is 37.6 Å². The fourth-order valence-electron chi connectivity index (χ4n) is 1.73. The Morgan fingerprint density at radius 1 is 1.36 bits per heavy atom. The first-order valence-electron chi connectivity index (χ1n) is 6.02. The van der Waals surface area contributed by atoms with Gasteiger partial charge in [0.2, 0.25) is 5.91 Å². The van der Waals surface area contributed by atoms with E-state index in [2.05, 4.69) is 26.2 Å². The monoisotopic (exact) mass is 383 g/mol. The smallest absolute Gasteiger partial charge is 0.258 e. The molecule has 8 heteroatoms. The van der Waals surface area contributed by atoms with Crippen molar-refractivity contribution < 1.29 is 14.3 Å². The largest absolute Gasteiger partial charge is 0.495 e. The van der Waals surface area contributed by atoms with Crippen molar-refractivity contribution in [3.05, 3.63) is 51.2 Å². The molecular weight excluding hydrogens is 374 g/mol. The first-order chi connectivity index (χ1) is 10.4. The number of methoxy groups -OCH3 is 1. The van der Waals surface area contributed by atoms with Crippen LogP contribution in [0.15, 0.2) is 34.9 Å². The highest BCUT2D eigenvalue weighted by Crippen LogP contribution is 2.27. The van der Waals surface area contributed by atoms with E-state index in [0.29, 0.717) is 15.9 Å². The zero-order chi connectivity index (χ0) is 16.3. The number of carbonyl (C=O) groups is 2. The molecule has 22 heavy (non-hydrogen) atoms. The van der Waals surface area contributed by atoms with E-state index in [1.54, 1.807) is 0 Å². The summed E-state index contributed by atoms with van der Waals surface area (Å²) in [6, 6.07) is 6.01. The molecule has 2 aromatic rings. The molecule has 0 saturated carbocycles. The highest BCUT2D eigenvalue weighted by Gasteiger charge is 2.15. The van der Waals surface area contributed by atoms with E-state index in [0.717, 1.165) is 0 Å². The van der Waals surface area contributed by atoms with Crippen LogP contribution in [0.2, 0.25) is 5.15 Å². The summed E-state index contributed by atoms with van der Waals surface area (Å²) in [5.74, 6) is -0.712. The molecule has 1 aromatic carbocycles. The lowest BCUT2D eigenvalue weighted by Crippen LogP contribution is -2.16. The zero-order valence-electron chi connectivity index (χ0n) is 11.4. The minimum Gasteiger partial charge on any atom is -0.495 e. The quantitative estimate of drug-likeness (QED) is 0.793. The van der Waals surface area contributed by atoms with Crippen LogP contribution in [0.25, 0.3) is 0 Å². The van der Waals surface area contributed by atoms with Gasteiger partial charge in [-0.05, 0) is 40.2 Å². The van der Waals surface area contributed by atoms with Crippen molar-refractivity contribution in [3.8, 4) is 5.75 Å². The molecule has 6 nitrogen and oxygen atoms in total. The van der Waals surface area contributed by atoms with Crippen molar-refractivity contribution >= 4 is 45.0 Å². The lowest BCUT2D eigenvalue weighted by molar-refractivity contribution is 0.0996. The maximum atomic E-state index is 12.3. The summed E-state index contributed by atoms with van der Waals surface area (Å²) in [7, 11) is 1.45. The van der Waals surface area contributed by atoms with E-state index in [1.807, 2.05) is 0 Å². The van der Waals surface area contributed by atoms with Crippen molar-refractivity contribution in [3.63, 3.8) is 0 Å². The maximum absolute atomic E-state index is 12.3. The van der Waals surface area contributed by atoms with Gasteiger partial charge in [-0.15, -0.1) is 0 Å². The molecule has 0 spiro atoms. The van der Waals surface area contributed by atoms with Gasteiger partial charge in [-0.25, -0.2) is 4.98 Å². The number of halogens is 2. The van der Waals surface area contributed by atoms with Gasteiger partial charge >= 0.3 is 0 Å². The predicted octanol–water partition coefficient (Wildman–Crippen LogP) is 2.86. The number of pyridine rings is 1. The number of primary amides is 1. The first-order valence-corrected chi connectivity index (χ1v) is 7.19. The summed E-state index contributed by atoms with van der Waals surface area (Å²) in [4.78, 5) is 27.4. The van der Waals surface area contributed by atoms with Crippen LogP contribution >= 0.6 is 27.5 Å². The van der Waals surface area contributed by atoms with E-state index < -0.39 is 11.8 Å². The number of nitrogens with two attached hydrogens (primary N) is 1. The van der Waals surface area contributed by atoms with E-state index >= 15 is 0 Å². The molecule has 0 bridgehead atoms. The molecule has 0 atom stereocenters. The van der Waals surface area contributed by atoms with Gasteiger partial charge in [0, 0.05) is 16.2 Å². The third-order valence-electron chi connectivity index (χ3n) is 2.78. The normalized spacial score (nSPS) is 10.1. The second kappa shape index (κ2) is 6.76. The number of amides is 2. The summed E-state index contributed by atoms with van der Waals surface area (Å²) in [6.45, 7) is 0. The number of anilines is 1. The van der Waals surface area contributed by atoms with Crippen molar-refractivity contribution in [2.75, 3.05) is 12.4 Å². The molecular formula is C14H11BrClN3O3. The number of rotatable bonds is 4. The Kier molecular flexibility index (Phi) is 4.99. The summed E-state index contributed by atoms with van der Waals surface area (Å²) in [5, 5.41) is 2.68. The lowest BCUT2D eigenvalue weighted by Gasteiger charge is -2.12. The van der Waals surface area contributed by atoms with Crippen molar-refractivity contribution in [1.29, 1.82) is 0 Å². The second-order valence-corrected chi connectivity index (χ2v) is 5.50. The molecule has 0 unspecified atom stereocenters. The van der Waals surface area contributed by atoms with E-state index in [4.69, 9.17) is 22.1 Å². The van der Waals surface area contributed by atoms with Gasteiger partial charge in [-0.3, -0.25) is 9.59 Å². The summed E-state index contributed by atoms with van der Waals surface area (Å²) >= 11 is 9.14. The minimum atomic E-state index is -0.611. The second-order valence-electron chi connectivity index (χ2n) is 4.23. The predicted molar refractivity (Wildman–Crippen MR) is 86.4 cm³/mol. The van der Waals surface area contributed by atoms with Crippen LogP contribution in [0.1, 0.15) is 20.7 Å². The number of aromatic nitrogens is 1. The molecule has 0 aliphatic rings.